The van der Waals surface area contributed by atoms with Crippen LogP contribution in [0.15, 0.2) is 30.3 Å². The lowest BCUT2D eigenvalue weighted by molar-refractivity contribution is 0.115. The summed E-state index contributed by atoms with van der Waals surface area (Å²) in [5, 5.41) is 16.9. The van der Waals surface area contributed by atoms with Gasteiger partial charge in [-0.2, -0.15) is 0 Å². The van der Waals surface area contributed by atoms with Gasteiger partial charge >= 0.3 is 0 Å². The van der Waals surface area contributed by atoms with Gasteiger partial charge in [-0.25, -0.2) is 0 Å². The highest BCUT2D eigenvalue weighted by Crippen LogP contribution is 2.27. The van der Waals surface area contributed by atoms with Gasteiger partial charge in [-0.05, 0) is 24.8 Å². The van der Waals surface area contributed by atoms with Crippen LogP contribution in [0.1, 0.15) is 37.2 Å². The molecule has 1 aromatic rings. The smallest absolute Gasteiger partial charge is 0.0995 e. The molecule has 1 aliphatic carbocycles. The van der Waals surface area contributed by atoms with Crippen molar-refractivity contribution in [2.75, 3.05) is 19.7 Å². The summed E-state index contributed by atoms with van der Waals surface area (Å²) < 4.78 is 0. The van der Waals surface area contributed by atoms with Crippen LogP contribution in [0.25, 0.3) is 0 Å². The monoisotopic (exact) mass is 275 g/mol. The Labute approximate surface area is 121 Å². The van der Waals surface area contributed by atoms with Gasteiger partial charge in [0.15, 0.2) is 0 Å². The third-order valence-electron chi connectivity index (χ3n) is 4.19. The van der Waals surface area contributed by atoms with E-state index in [1.165, 1.54) is 19.3 Å². The van der Waals surface area contributed by atoms with Gasteiger partial charge in [-0.3, -0.25) is 10.3 Å². The number of aliphatic hydroxyl groups is 1. The molecule has 0 heterocycles. The van der Waals surface area contributed by atoms with E-state index in [-0.39, 0.29) is 18.4 Å². The van der Waals surface area contributed by atoms with Crippen LogP contribution in [-0.4, -0.2) is 41.6 Å². The molecule has 4 nitrogen and oxygen atoms in total. The maximum atomic E-state index is 9.05. The van der Waals surface area contributed by atoms with Crippen LogP contribution < -0.4 is 5.73 Å². The first-order valence-corrected chi connectivity index (χ1v) is 7.46. The Morgan fingerprint density at radius 3 is 2.55 bits per heavy atom. The average Bonchev–Trinajstić information content (AvgIpc) is 2.40. The second kappa shape index (κ2) is 7.41. The van der Waals surface area contributed by atoms with Gasteiger partial charge in [0.25, 0.3) is 0 Å². The molecule has 0 saturated heterocycles. The number of nitrogens with two attached hydrogens (primary N) is 1. The maximum absolute atomic E-state index is 9.05. The Hall–Kier alpha value is -1.39. The maximum Gasteiger partial charge on any atom is 0.0995 e. The van der Waals surface area contributed by atoms with E-state index in [9.17, 15) is 0 Å². The lowest BCUT2D eigenvalue weighted by atomic mass is 9.89. The first-order chi connectivity index (χ1) is 9.72. The van der Waals surface area contributed by atoms with Crippen molar-refractivity contribution in [3.63, 3.8) is 0 Å². The zero-order valence-electron chi connectivity index (χ0n) is 12.0. The van der Waals surface area contributed by atoms with Crippen LogP contribution in [0, 0.1) is 5.41 Å². The molecular formula is C16H25N3O. The minimum absolute atomic E-state index is 0.0458. The number of hydrogen-bond acceptors (Lipinski definition) is 3. The predicted octanol–water partition coefficient (Wildman–Crippen LogP) is 1.94. The van der Waals surface area contributed by atoms with E-state index >= 15 is 0 Å². The van der Waals surface area contributed by atoms with Crippen molar-refractivity contribution in [1.29, 1.82) is 5.41 Å². The molecule has 0 bridgehead atoms. The first kappa shape index (κ1) is 15.0. The van der Waals surface area contributed by atoms with E-state index in [1.807, 2.05) is 30.3 Å². The van der Waals surface area contributed by atoms with E-state index in [2.05, 4.69) is 4.90 Å². The second-order valence-electron chi connectivity index (χ2n) is 5.58. The van der Waals surface area contributed by atoms with E-state index < -0.39 is 0 Å². The number of amidine groups is 1. The normalized spacial score (nSPS) is 16.9. The molecule has 110 valence electrons. The zero-order chi connectivity index (χ0) is 14.4. The average molecular weight is 275 g/mol. The van der Waals surface area contributed by atoms with Crippen molar-refractivity contribution in [1.82, 2.24) is 4.90 Å². The molecule has 0 aliphatic heterocycles. The number of benzene rings is 1. The van der Waals surface area contributed by atoms with Crippen molar-refractivity contribution in [2.45, 2.75) is 37.6 Å². The molecule has 1 fully saturated rings. The number of aliphatic hydroxyl groups excluding tert-OH is 1. The van der Waals surface area contributed by atoms with Gasteiger partial charge in [0.1, 0.15) is 0 Å². The van der Waals surface area contributed by atoms with Crippen molar-refractivity contribution < 1.29 is 5.11 Å². The Morgan fingerprint density at radius 2 is 2.05 bits per heavy atom. The molecule has 1 atom stereocenters. The molecule has 1 unspecified atom stereocenters. The third kappa shape index (κ3) is 3.81. The zero-order valence-corrected chi connectivity index (χ0v) is 12.0. The molecule has 2 rings (SSSR count). The molecule has 1 saturated carbocycles. The van der Waals surface area contributed by atoms with Gasteiger partial charge in [0.05, 0.1) is 11.8 Å². The molecule has 0 spiro atoms. The van der Waals surface area contributed by atoms with Gasteiger partial charge < -0.3 is 10.8 Å². The highest BCUT2D eigenvalue weighted by Gasteiger charge is 2.28. The number of hydrogen-bond donors (Lipinski definition) is 3. The van der Waals surface area contributed by atoms with Crippen LogP contribution in [-0.2, 0) is 0 Å². The van der Waals surface area contributed by atoms with Gasteiger partial charge in [0, 0.05) is 25.7 Å². The number of nitrogens with zero attached hydrogens (tertiary/aromatic N) is 1. The van der Waals surface area contributed by atoms with E-state index in [0.717, 1.165) is 25.1 Å². The summed E-state index contributed by atoms with van der Waals surface area (Å²) in [6.45, 7) is 1.89. The van der Waals surface area contributed by atoms with Crippen LogP contribution in [0.2, 0.25) is 0 Å². The Bertz CT molecular complexity index is 417. The van der Waals surface area contributed by atoms with E-state index in [0.29, 0.717) is 6.04 Å². The van der Waals surface area contributed by atoms with Gasteiger partial charge in [-0.1, -0.05) is 36.8 Å². The largest absolute Gasteiger partial charge is 0.396 e. The molecule has 0 amide bonds. The van der Waals surface area contributed by atoms with E-state index in [4.69, 9.17) is 16.2 Å². The highest BCUT2D eigenvalue weighted by molar-refractivity contribution is 5.84. The fourth-order valence-electron chi connectivity index (χ4n) is 2.75. The highest BCUT2D eigenvalue weighted by atomic mass is 16.3. The predicted molar refractivity (Wildman–Crippen MR) is 82.0 cm³/mol. The molecule has 4 heteroatoms. The Morgan fingerprint density at radius 1 is 1.35 bits per heavy atom. The summed E-state index contributed by atoms with van der Waals surface area (Å²) in [6, 6.07) is 10.6. The molecule has 1 aliphatic rings. The summed E-state index contributed by atoms with van der Waals surface area (Å²) in [5.41, 5.74) is 6.92. The summed E-state index contributed by atoms with van der Waals surface area (Å²) in [6.07, 6.45) is 4.53. The standard InChI is InChI=1S/C16H25N3O/c17-16(18)15(13-6-2-1-3-7-13)12-19(10-5-11-20)14-8-4-9-14/h1-3,6-7,14-15,20H,4-5,8-12H2,(H3,17,18). The van der Waals surface area contributed by atoms with Crippen molar-refractivity contribution in [2.24, 2.45) is 5.73 Å². The van der Waals surface area contributed by atoms with E-state index in [1.54, 1.807) is 0 Å². The third-order valence-corrected chi connectivity index (χ3v) is 4.19. The lowest BCUT2D eigenvalue weighted by Gasteiger charge is -2.39. The minimum atomic E-state index is -0.0458. The second-order valence-corrected chi connectivity index (χ2v) is 5.58. The summed E-state index contributed by atoms with van der Waals surface area (Å²) in [7, 11) is 0. The minimum Gasteiger partial charge on any atom is -0.396 e. The molecule has 20 heavy (non-hydrogen) atoms. The van der Waals surface area contributed by atoms with Crippen LogP contribution in [0.5, 0.6) is 0 Å². The molecule has 4 N–H and O–H groups in total. The van der Waals surface area contributed by atoms with Crippen LogP contribution >= 0.6 is 0 Å². The van der Waals surface area contributed by atoms with Crippen LogP contribution in [0.3, 0.4) is 0 Å². The Balaban J connectivity index is 2.06. The number of rotatable bonds is 8. The lowest BCUT2D eigenvalue weighted by Crippen LogP contribution is -2.45. The SMILES string of the molecule is N=C(N)C(CN(CCCO)C1CCC1)c1ccccc1. The topological polar surface area (TPSA) is 73.3 Å². The molecule has 1 aromatic carbocycles. The molecule has 0 aromatic heterocycles. The van der Waals surface area contributed by atoms with Crippen LogP contribution in [0.4, 0.5) is 0 Å². The number of nitrogens with one attached hydrogen (secondary N) is 1. The van der Waals surface area contributed by atoms with Gasteiger partial charge in [-0.15, -0.1) is 0 Å². The fourth-order valence-corrected chi connectivity index (χ4v) is 2.75. The van der Waals surface area contributed by atoms with Crippen molar-refractivity contribution >= 4 is 5.84 Å². The quantitative estimate of drug-likeness (QED) is 0.501. The van der Waals surface area contributed by atoms with Crippen molar-refractivity contribution in [3.8, 4) is 0 Å². The summed E-state index contributed by atoms with van der Waals surface area (Å²) >= 11 is 0. The Kier molecular flexibility index (Phi) is 5.56. The first-order valence-electron chi connectivity index (χ1n) is 7.46. The summed E-state index contributed by atoms with van der Waals surface area (Å²) in [5.74, 6) is 0.181. The fraction of sp³-hybridized carbons (Fsp3) is 0.562. The molecule has 0 radical (unpaired) electrons. The van der Waals surface area contributed by atoms with Crippen molar-refractivity contribution in [3.05, 3.63) is 35.9 Å². The van der Waals surface area contributed by atoms with Gasteiger partial charge in [0.2, 0.25) is 0 Å². The summed E-state index contributed by atoms with van der Waals surface area (Å²) in [4.78, 5) is 2.40. The molecular weight excluding hydrogens is 250 g/mol.